The van der Waals surface area contributed by atoms with Crippen molar-refractivity contribution >= 4 is 46.8 Å². The molecule has 9 nitrogen and oxygen atoms in total. The first kappa shape index (κ1) is 38.6. The molecule has 2 saturated heterocycles. The van der Waals surface area contributed by atoms with Gasteiger partial charge in [-0.05, 0) is 64.7 Å². The molecule has 2 aliphatic rings. The summed E-state index contributed by atoms with van der Waals surface area (Å²) in [4.78, 5) is 53.2. The second kappa shape index (κ2) is 18.3. The maximum atomic E-state index is 14.7. The highest BCUT2D eigenvalue weighted by atomic mass is 35.5. The summed E-state index contributed by atoms with van der Waals surface area (Å²) >= 11 is 6.12. The van der Waals surface area contributed by atoms with Crippen LogP contribution in [0.4, 0.5) is 11.4 Å². The number of amides is 3. The minimum atomic E-state index is -0.709. The third-order valence-electron chi connectivity index (χ3n) is 10.4. The molecule has 6 rings (SSSR count). The van der Waals surface area contributed by atoms with Crippen LogP contribution in [-0.4, -0.2) is 110 Å². The Bertz CT molecular complexity index is 1870. The molecule has 0 spiro atoms. The lowest BCUT2D eigenvalue weighted by atomic mass is 10.0. The first-order valence-electron chi connectivity index (χ1n) is 18.8. The number of piperazine rings is 2. The van der Waals surface area contributed by atoms with Gasteiger partial charge in [-0.2, -0.15) is 0 Å². The Morgan fingerprint density at radius 3 is 1.93 bits per heavy atom. The predicted molar refractivity (Wildman–Crippen MR) is 219 cm³/mol. The van der Waals surface area contributed by atoms with Gasteiger partial charge in [-0.15, -0.1) is 0 Å². The van der Waals surface area contributed by atoms with E-state index in [2.05, 4.69) is 51.1 Å². The maximum Gasteiger partial charge on any atom is 0.247 e. The molecule has 1 atom stereocenters. The lowest BCUT2D eigenvalue weighted by molar-refractivity contribution is -0.145. The van der Waals surface area contributed by atoms with Crippen molar-refractivity contribution in [1.82, 2.24) is 19.6 Å². The van der Waals surface area contributed by atoms with Gasteiger partial charge in [0.1, 0.15) is 6.04 Å². The van der Waals surface area contributed by atoms with E-state index < -0.39 is 6.04 Å². The number of nitrogens with zero attached hydrogens (tertiary/aromatic N) is 6. The number of rotatable bonds is 12. The molecule has 0 saturated carbocycles. The summed E-state index contributed by atoms with van der Waals surface area (Å²) in [5.41, 5.74) is 6.27. The van der Waals surface area contributed by atoms with Gasteiger partial charge in [-0.3, -0.25) is 19.3 Å². The lowest BCUT2D eigenvalue weighted by Gasteiger charge is -2.39. The molecular weight excluding hydrogens is 696 g/mol. The molecule has 2 heterocycles. The second-order valence-electron chi connectivity index (χ2n) is 14.4. The van der Waals surface area contributed by atoms with E-state index in [1.54, 1.807) is 36.1 Å². The average molecular weight is 747 g/mol. The Balaban J connectivity index is 1.22. The van der Waals surface area contributed by atoms with Gasteiger partial charge in [0.25, 0.3) is 0 Å². The summed E-state index contributed by atoms with van der Waals surface area (Å²) in [5.74, 6) is -0.169. The number of hydrogen-bond acceptors (Lipinski definition) is 6. The summed E-state index contributed by atoms with van der Waals surface area (Å²) < 4.78 is 0. The molecule has 282 valence electrons. The number of halogens is 1. The third-order valence-corrected chi connectivity index (χ3v) is 10.7. The summed E-state index contributed by atoms with van der Waals surface area (Å²) in [7, 11) is 4.08. The predicted octanol–water partition coefficient (Wildman–Crippen LogP) is 6.07. The summed E-state index contributed by atoms with van der Waals surface area (Å²) in [6.07, 6.45) is 3.75. The van der Waals surface area contributed by atoms with Gasteiger partial charge in [-0.25, -0.2) is 0 Å². The fraction of sp³-hybridized carbons (Fsp3) is 0.341. The average Bonchev–Trinajstić information content (AvgIpc) is 3.20. The van der Waals surface area contributed by atoms with Crippen LogP contribution in [0.1, 0.15) is 29.2 Å². The molecule has 0 aliphatic carbocycles. The standard InChI is InChI=1S/C44H51ClN6O3/c1-34(52)48-27-29-49(30-28-48)41-20-13-38(14-21-41)33-51(43(53)22-15-35-9-16-39(45)17-10-35)42(31-36-7-5-4-6-8-36)44(54)50-25-23-47(24-26-50)32-37-11-18-40(19-12-37)46(2)3/h4-22,42H,23-33H2,1-3H3. The second-order valence-corrected chi connectivity index (χ2v) is 14.8. The van der Waals surface area contributed by atoms with Crippen LogP contribution in [0.3, 0.4) is 0 Å². The molecule has 1 unspecified atom stereocenters. The van der Waals surface area contributed by atoms with Gasteiger partial charge in [-0.1, -0.05) is 78.3 Å². The van der Waals surface area contributed by atoms with Crippen molar-refractivity contribution in [3.8, 4) is 0 Å². The van der Waals surface area contributed by atoms with Gasteiger partial charge in [0.15, 0.2) is 0 Å². The number of hydrogen-bond donors (Lipinski definition) is 0. The highest BCUT2D eigenvalue weighted by Crippen LogP contribution is 2.23. The van der Waals surface area contributed by atoms with Crippen molar-refractivity contribution in [3.05, 3.63) is 136 Å². The van der Waals surface area contributed by atoms with E-state index in [1.165, 1.54) is 11.3 Å². The summed E-state index contributed by atoms with van der Waals surface area (Å²) in [5, 5.41) is 0.625. The van der Waals surface area contributed by atoms with Crippen molar-refractivity contribution in [2.45, 2.75) is 32.5 Å². The fourth-order valence-corrected chi connectivity index (χ4v) is 7.26. The maximum absolute atomic E-state index is 14.7. The minimum absolute atomic E-state index is 0.0398. The number of carbonyl (C=O) groups is 3. The van der Waals surface area contributed by atoms with E-state index >= 15 is 0 Å². The normalized spacial score (nSPS) is 15.7. The third kappa shape index (κ3) is 10.3. The molecule has 0 bridgehead atoms. The van der Waals surface area contributed by atoms with E-state index in [4.69, 9.17) is 11.6 Å². The van der Waals surface area contributed by atoms with Crippen molar-refractivity contribution in [2.24, 2.45) is 0 Å². The van der Waals surface area contributed by atoms with Crippen LogP contribution in [0.5, 0.6) is 0 Å². The largest absolute Gasteiger partial charge is 0.378 e. The molecule has 4 aromatic rings. The topological polar surface area (TPSA) is 70.6 Å². The first-order valence-corrected chi connectivity index (χ1v) is 19.2. The summed E-state index contributed by atoms with van der Waals surface area (Å²) in [6, 6.07) is 33.4. The molecule has 0 aromatic heterocycles. The summed E-state index contributed by atoms with van der Waals surface area (Å²) in [6.45, 7) is 8.33. The van der Waals surface area contributed by atoms with Crippen LogP contribution in [-0.2, 0) is 33.9 Å². The van der Waals surface area contributed by atoms with Gasteiger partial charge in [0.2, 0.25) is 17.7 Å². The Hall–Kier alpha value is -5.12. The number of anilines is 2. The van der Waals surface area contributed by atoms with Crippen LogP contribution in [0.15, 0.2) is 109 Å². The molecule has 0 N–H and O–H groups in total. The van der Waals surface area contributed by atoms with Gasteiger partial charge < -0.3 is 24.5 Å². The molecule has 54 heavy (non-hydrogen) atoms. The fourth-order valence-electron chi connectivity index (χ4n) is 7.13. The lowest BCUT2D eigenvalue weighted by Crippen LogP contribution is -2.56. The van der Waals surface area contributed by atoms with Crippen LogP contribution in [0, 0.1) is 0 Å². The van der Waals surface area contributed by atoms with Crippen LogP contribution >= 0.6 is 11.6 Å². The Labute approximate surface area is 325 Å². The highest BCUT2D eigenvalue weighted by molar-refractivity contribution is 6.30. The number of benzene rings is 4. The van der Waals surface area contributed by atoms with Crippen molar-refractivity contribution < 1.29 is 14.4 Å². The Kier molecular flexibility index (Phi) is 13.1. The van der Waals surface area contributed by atoms with E-state index in [1.807, 2.05) is 78.5 Å². The van der Waals surface area contributed by atoms with E-state index in [0.717, 1.165) is 55.1 Å². The smallest absolute Gasteiger partial charge is 0.247 e. The SMILES string of the molecule is CC(=O)N1CCN(c2ccc(CN(C(=O)C=Cc3ccc(Cl)cc3)C(Cc3ccccc3)C(=O)N3CCN(Cc4ccc(N(C)C)cc4)CC3)cc2)CC1. The quantitative estimate of drug-likeness (QED) is 0.164. The van der Waals surface area contributed by atoms with Crippen LogP contribution in [0.2, 0.25) is 5.02 Å². The molecule has 2 fully saturated rings. The monoisotopic (exact) mass is 746 g/mol. The molecule has 3 amide bonds. The zero-order valence-electron chi connectivity index (χ0n) is 31.6. The number of carbonyl (C=O) groups excluding carboxylic acids is 3. The Morgan fingerprint density at radius 1 is 0.704 bits per heavy atom. The van der Waals surface area contributed by atoms with Crippen LogP contribution in [0.25, 0.3) is 6.08 Å². The van der Waals surface area contributed by atoms with Crippen molar-refractivity contribution in [2.75, 3.05) is 76.3 Å². The molecule has 4 aromatic carbocycles. The van der Waals surface area contributed by atoms with Gasteiger partial charge >= 0.3 is 0 Å². The molecule has 2 aliphatic heterocycles. The van der Waals surface area contributed by atoms with Crippen molar-refractivity contribution in [1.29, 1.82) is 0 Å². The van der Waals surface area contributed by atoms with Crippen molar-refractivity contribution in [3.63, 3.8) is 0 Å². The zero-order chi connectivity index (χ0) is 38.0. The molecular formula is C44H51ClN6O3. The molecule has 0 radical (unpaired) electrons. The highest BCUT2D eigenvalue weighted by Gasteiger charge is 2.34. The molecule has 10 heteroatoms. The van der Waals surface area contributed by atoms with E-state index in [-0.39, 0.29) is 24.3 Å². The van der Waals surface area contributed by atoms with Crippen LogP contribution < -0.4 is 9.80 Å². The van der Waals surface area contributed by atoms with Gasteiger partial charge in [0.05, 0.1) is 0 Å². The zero-order valence-corrected chi connectivity index (χ0v) is 32.4. The van der Waals surface area contributed by atoms with E-state index in [9.17, 15) is 14.4 Å². The minimum Gasteiger partial charge on any atom is -0.378 e. The first-order chi connectivity index (χ1) is 26.1. The Morgan fingerprint density at radius 2 is 1.31 bits per heavy atom. The van der Waals surface area contributed by atoms with E-state index in [0.29, 0.717) is 37.6 Å². The van der Waals surface area contributed by atoms with Gasteiger partial charge in [0, 0.05) is 115 Å².